The molecule has 3 atom stereocenters. The van der Waals surface area contributed by atoms with Gasteiger partial charge >= 0.3 is 0 Å². The first-order valence-electron chi connectivity index (χ1n) is 7.77. The Balaban J connectivity index is 1.57. The second-order valence-electron chi connectivity index (χ2n) is 5.96. The van der Waals surface area contributed by atoms with E-state index < -0.39 is 6.10 Å². The van der Waals surface area contributed by atoms with Crippen LogP contribution in [0.2, 0.25) is 0 Å². The summed E-state index contributed by atoms with van der Waals surface area (Å²) in [5.41, 5.74) is 1.07. The lowest BCUT2D eigenvalue weighted by molar-refractivity contribution is -0.123. The molecule has 1 aromatic carbocycles. The van der Waals surface area contributed by atoms with Crippen molar-refractivity contribution in [3.63, 3.8) is 0 Å². The van der Waals surface area contributed by atoms with Crippen molar-refractivity contribution in [2.24, 2.45) is 0 Å². The van der Waals surface area contributed by atoms with Crippen molar-refractivity contribution in [3.8, 4) is 5.75 Å². The number of amides is 1. The van der Waals surface area contributed by atoms with Crippen LogP contribution in [0.1, 0.15) is 12.8 Å². The highest BCUT2D eigenvalue weighted by molar-refractivity contribution is 5.82. The third kappa shape index (κ3) is 3.18. The Morgan fingerprint density at radius 1 is 1.45 bits per heavy atom. The van der Waals surface area contributed by atoms with Crippen molar-refractivity contribution in [1.82, 2.24) is 10.6 Å². The molecule has 6 nitrogen and oxygen atoms in total. The summed E-state index contributed by atoms with van der Waals surface area (Å²) in [5.74, 6) is 0.846. The summed E-state index contributed by atoms with van der Waals surface area (Å²) in [7, 11) is 1.67. The van der Waals surface area contributed by atoms with Gasteiger partial charge < -0.3 is 25.4 Å². The van der Waals surface area contributed by atoms with E-state index in [1.165, 1.54) is 0 Å². The Bertz CT molecular complexity index is 537. The molecule has 22 heavy (non-hydrogen) atoms. The first-order chi connectivity index (χ1) is 10.7. The van der Waals surface area contributed by atoms with Crippen LogP contribution < -0.4 is 20.3 Å². The Kier molecular flexibility index (Phi) is 4.49. The summed E-state index contributed by atoms with van der Waals surface area (Å²) in [5, 5.41) is 15.6. The number of hydrogen-bond acceptors (Lipinski definition) is 5. The average Bonchev–Trinajstić information content (AvgIpc) is 3.16. The fourth-order valence-electron chi connectivity index (χ4n) is 3.21. The summed E-state index contributed by atoms with van der Waals surface area (Å²) in [6.45, 7) is 2.17. The number of hydrogen-bond donors (Lipinski definition) is 3. The van der Waals surface area contributed by atoms with Gasteiger partial charge in [0.15, 0.2) is 0 Å². The van der Waals surface area contributed by atoms with Crippen LogP contribution in [-0.4, -0.2) is 55.9 Å². The number of nitrogens with zero attached hydrogens (tertiary/aromatic N) is 1. The maximum Gasteiger partial charge on any atom is 0.237 e. The third-order valence-electron chi connectivity index (χ3n) is 4.38. The molecular weight excluding hydrogens is 282 g/mol. The summed E-state index contributed by atoms with van der Waals surface area (Å²) >= 11 is 0. The molecule has 120 valence electrons. The molecule has 2 saturated heterocycles. The molecule has 0 radical (unpaired) electrons. The minimum Gasteiger partial charge on any atom is -0.495 e. The molecule has 3 N–H and O–H groups in total. The fourth-order valence-corrected chi connectivity index (χ4v) is 3.21. The SMILES string of the molecule is COc1ccccc1N1CCC(NC(=O)C2CC(O)CN2)C1. The van der Waals surface area contributed by atoms with E-state index in [0.717, 1.165) is 30.9 Å². The Morgan fingerprint density at radius 2 is 2.27 bits per heavy atom. The monoisotopic (exact) mass is 305 g/mol. The molecule has 2 aliphatic heterocycles. The number of carbonyl (C=O) groups is 1. The van der Waals surface area contributed by atoms with Crippen LogP contribution in [0.5, 0.6) is 5.75 Å². The molecular formula is C16H23N3O3. The highest BCUT2D eigenvalue weighted by atomic mass is 16.5. The van der Waals surface area contributed by atoms with Crippen molar-refractivity contribution in [2.45, 2.75) is 31.0 Å². The smallest absolute Gasteiger partial charge is 0.237 e. The van der Waals surface area contributed by atoms with Crippen molar-refractivity contribution in [1.29, 1.82) is 0 Å². The zero-order chi connectivity index (χ0) is 15.5. The molecule has 2 aliphatic rings. The maximum absolute atomic E-state index is 12.2. The average molecular weight is 305 g/mol. The molecule has 0 bridgehead atoms. The molecule has 2 heterocycles. The van der Waals surface area contributed by atoms with Crippen LogP contribution >= 0.6 is 0 Å². The quantitative estimate of drug-likeness (QED) is 0.736. The van der Waals surface area contributed by atoms with Crippen LogP contribution in [0, 0.1) is 0 Å². The number of nitrogens with one attached hydrogen (secondary N) is 2. The molecule has 0 aliphatic carbocycles. The van der Waals surface area contributed by atoms with Gasteiger partial charge in [-0.25, -0.2) is 0 Å². The number of β-amino-alcohol motifs (C(OH)–C–C–N with tert-alkyl or cyclic N) is 1. The van der Waals surface area contributed by atoms with Crippen LogP contribution in [0.3, 0.4) is 0 Å². The standard InChI is InChI=1S/C16H23N3O3/c1-22-15-5-3-2-4-14(15)19-7-6-11(10-19)18-16(21)13-8-12(20)9-17-13/h2-5,11-13,17,20H,6-10H2,1H3,(H,18,21). The van der Waals surface area contributed by atoms with E-state index >= 15 is 0 Å². The first kappa shape index (κ1) is 15.1. The summed E-state index contributed by atoms with van der Waals surface area (Å²) in [4.78, 5) is 14.4. The van der Waals surface area contributed by atoms with Gasteiger partial charge in [0, 0.05) is 25.7 Å². The van der Waals surface area contributed by atoms with Crippen molar-refractivity contribution in [2.75, 3.05) is 31.6 Å². The van der Waals surface area contributed by atoms with Gasteiger partial charge in [-0.05, 0) is 25.0 Å². The maximum atomic E-state index is 12.2. The number of anilines is 1. The van der Waals surface area contributed by atoms with Gasteiger partial charge in [-0.1, -0.05) is 12.1 Å². The van der Waals surface area contributed by atoms with Crippen LogP contribution in [0.25, 0.3) is 0 Å². The van der Waals surface area contributed by atoms with E-state index in [9.17, 15) is 9.90 Å². The number of aliphatic hydroxyl groups is 1. The normalized spacial score (nSPS) is 27.9. The molecule has 3 unspecified atom stereocenters. The first-order valence-corrected chi connectivity index (χ1v) is 7.77. The van der Waals surface area contributed by atoms with Crippen LogP contribution in [0.4, 0.5) is 5.69 Å². The third-order valence-corrected chi connectivity index (χ3v) is 4.38. The summed E-state index contributed by atoms with van der Waals surface area (Å²) in [6, 6.07) is 7.80. The number of methoxy groups -OCH3 is 1. The molecule has 0 aromatic heterocycles. The van der Waals surface area contributed by atoms with Gasteiger partial charge in [0.2, 0.25) is 5.91 Å². The highest BCUT2D eigenvalue weighted by Gasteiger charge is 2.31. The van der Waals surface area contributed by atoms with E-state index in [2.05, 4.69) is 15.5 Å². The minimum atomic E-state index is -0.413. The van der Waals surface area contributed by atoms with Crippen LogP contribution in [-0.2, 0) is 4.79 Å². The van der Waals surface area contributed by atoms with Gasteiger partial charge in [0.25, 0.3) is 0 Å². The summed E-state index contributed by atoms with van der Waals surface area (Å²) < 4.78 is 5.40. The fraction of sp³-hybridized carbons (Fsp3) is 0.562. The zero-order valence-corrected chi connectivity index (χ0v) is 12.8. The van der Waals surface area contributed by atoms with Gasteiger partial charge in [0.05, 0.1) is 24.9 Å². The number of aliphatic hydroxyl groups excluding tert-OH is 1. The zero-order valence-electron chi connectivity index (χ0n) is 12.8. The number of rotatable bonds is 4. The van der Waals surface area contributed by atoms with E-state index in [1.807, 2.05) is 24.3 Å². The van der Waals surface area contributed by atoms with E-state index in [4.69, 9.17) is 4.74 Å². The lowest BCUT2D eigenvalue weighted by Crippen LogP contribution is -2.46. The van der Waals surface area contributed by atoms with Gasteiger partial charge in [-0.2, -0.15) is 0 Å². The molecule has 1 amide bonds. The Morgan fingerprint density at radius 3 is 3.00 bits per heavy atom. The van der Waals surface area contributed by atoms with Crippen LogP contribution in [0.15, 0.2) is 24.3 Å². The number of carbonyl (C=O) groups excluding carboxylic acids is 1. The van der Waals surface area contributed by atoms with E-state index in [0.29, 0.717) is 13.0 Å². The summed E-state index contributed by atoms with van der Waals surface area (Å²) in [6.07, 6.45) is 0.998. The minimum absolute atomic E-state index is 0.0107. The molecule has 2 fully saturated rings. The molecule has 6 heteroatoms. The van der Waals surface area contributed by atoms with Crippen molar-refractivity contribution >= 4 is 11.6 Å². The highest BCUT2D eigenvalue weighted by Crippen LogP contribution is 2.30. The van der Waals surface area contributed by atoms with E-state index in [1.54, 1.807) is 7.11 Å². The molecule has 0 saturated carbocycles. The topological polar surface area (TPSA) is 73.8 Å². The van der Waals surface area contributed by atoms with E-state index in [-0.39, 0.29) is 18.0 Å². The molecule has 0 spiro atoms. The second-order valence-corrected chi connectivity index (χ2v) is 5.96. The number of benzene rings is 1. The second kappa shape index (κ2) is 6.54. The Labute approximate surface area is 130 Å². The Hall–Kier alpha value is -1.79. The molecule has 3 rings (SSSR count). The molecule has 1 aromatic rings. The number of ether oxygens (including phenoxy) is 1. The van der Waals surface area contributed by atoms with Crippen molar-refractivity contribution < 1.29 is 14.6 Å². The number of para-hydroxylation sites is 2. The lowest BCUT2D eigenvalue weighted by Gasteiger charge is -2.22. The van der Waals surface area contributed by atoms with Gasteiger partial charge in [-0.3, -0.25) is 4.79 Å². The largest absolute Gasteiger partial charge is 0.495 e. The predicted octanol–water partition coefficient (Wildman–Crippen LogP) is 0.113. The van der Waals surface area contributed by atoms with Crippen molar-refractivity contribution in [3.05, 3.63) is 24.3 Å². The van der Waals surface area contributed by atoms with Gasteiger partial charge in [0.1, 0.15) is 5.75 Å². The predicted molar refractivity (Wildman–Crippen MR) is 84.2 cm³/mol. The lowest BCUT2D eigenvalue weighted by atomic mass is 10.1. The van der Waals surface area contributed by atoms with Gasteiger partial charge in [-0.15, -0.1) is 0 Å².